The molecule has 2 N–H and O–H groups in total. The van der Waals surface area contributed by atoms with Crippen LogP contribution in [0, 0.1) is 0 Å². The molecule has 3 rings (SSSR count). The van der Waals surface area contributed by atoms with Crippen molar-refractivity contribution in [1.82, 2.24) is 15.2 Å². The molecule has 2 aromatic rings. The van der Waals surface area contributed by atoms with Gasteiger partial charge in [-0.05, 0) is 25.0 Å². The van der Waals surface area contributed by atoms with Crippen molar-refractivity contribution in [2.24, 2.45) is 0 Å². The predicted molar refractivity (Wildman–Crippen MR) is 81.8 cm³/mol. The van der Waals surface area contributed by atoms with E-state index < -0.39 is 12.1 Å². The van der Waals surface area contributed by atoms with E-state index in [0.717, 1.165) is 6.42 Å². The maximum atomic E-state index is 12.0. The van der Waals surface area contributed by atoms with Gasteiger partial charge in [-0.15, -0.1) is 0 Å². The molecular formula is C14H14BrN3O4. The first-order valence-corrected chi connectivity index (χ1v) is 7.62. The normalized spacial score (nSPS) is 17.9. The fraction of sp³-hybridized carbons (Fsp3) is 0.357. The van der Waals surface area contributed by atoms with Gasteiger partial charge >= 0.3 is 6.09 Å². The lowest BCUT2D eigenvalue weighted by molar-refractivity contribution is 0.0964. The Morgan fingerprint density at radius 1 is 1.50 bits per heavy atom. The fourth-order valence-corrected chi connectivity index (χ4v) is 3.15. The maximum absolute atomic E-state index is 12.0. The van der Waals surface area contributed by atoms with Crippen molar-refractivity contribution in [3.8, 4) is 0 Å². The summed E-state index contributed by atoms with van der Waals surface area (Å²) in [5.41, 5.74) is 1.29. The molecule has 1 aliphatic heterocycles. The first-order valence-electron chi connectivity index (χ1n) is 6.83. The molecule has 0 aliphatic carbocycles. The molecule has 1 aliphatic rings. The number of oxazole rings is 1. The van der Waals surface area contributed by atoms with Crippen LogP contribution in [-0.2, 0) is 0 Å². The summed E-state index contributed by atoms with van der Waals surface area (Å²) in [6.45, 7) is 0.463. The highest BCUT2D eigenvalue weighted by atomic mass is 79.9. The molecule has 0 radical (unpaired) electrons. The Morgan fingerprint density at radius 3 is 2.95 bits per heavy atom. The van der Waals surface area contributed by atoms with E-state index in [2.05, 4.69) is 26.2 Å². The van der Waals surface area contributed by atoms with Gasteiger partial charge in [0.1, 0.15) is 11.6 Å². The topological polar surface area (TPSA) is 95.7 Å². The van der Waals surface area contributed by atoms with Crippen LogP contribution in [-0.4, -0.2) is 40.6 Å². The molecule has 1 unspecified atom stereocenters. The lowest BCUT2D eigenvalue weighted by atomic mass is 10.2. The Bertz CT molecular complexity index is 758. The van der Waals surface area contributed by atoms with Gasteiger partial charge in [0.2, 0.25) is 5.89 Å². The zero-order valence-corrected chi connectivity index (χ0v) is 13.4. The summed E-state index contributed by atoms with van der Waals surface area (Å²) in [4.78, 5) is 28.9. The number of aromatic nitrogens is 1. The van der Waals surface area contributed by atoms with E-state index in [1.807, 2.05) is 0 Å². The smallest absolute Gasteiger partial charge is 0.407 e. The zero-order valence-electron chi connectivity index (χ0n) is 11.8. The minimum Gasteiger partial charge on any atom is -0.465 e. The van der Waals surface area contributed by atoms with E-state index >= 15 is 0 Å². The largest absolute Gasteiger partial charge is 0.465 e. The number of carboxylic acid groups (broad SMARTS) is 1. The van der Waals surface area contributed by atoms with Crippen LogP contribution in [0.2, 0.25) is 0 Å². The highest BCUT2D eigenvalue weighted by Gasteiger charge is 2.34. The summed E-state index contributed by atoms with van der Waals surface area (Å²) in [6.07, 6.45) is 0.439. The quantitative estimate of drug-likeness (QED) is 0.850. The Morgan fingerprint density at radius 2 is 2.27 bits per heavy atom. The molecule has 1 aromatic carbocycles. The second kappa shape index (κ2) is 5.60. The average Bonchev–Trinajstić information content (AvgIpc) is 3.10. The molecule has 0 saturated carbocycles. The van der Waals surface area contributed by atoms with Gasteiger partial charge < -0.3 is 14.8 Å². The molecule has 2 amide bonds. The van der Waals surface area contributed by atoms with Crippen LogP contribution in [0.3, 0.4) is 0 Å². The lowest BCUT2D eigenvalue weighted by Crippen LogP contribution is -2.28. The van der Waals surface area contributed by atoms with Gasteiger partial charge in [-0.3, -0.25) is 9.69 Å². The molecule has 8 heteroatoms. The maximum Gasteiger partial charge on any atom is 0.407 e. The lowest BCUT2D eigenvalue weighted by Gasteiger charge is -2.17. The highest BCUT2D eigenvalue weighted by Crippen LogP contribution is 2.34. The summed E-state index contributed by atoms with van der Waals surface area (Å²) in [6, 6.07) is 2.98. The summed E-state index contributed by atoms with van der Waals surface area (Å²) in [5.74, 6) is 0.0609. The van der Waals surface area contributed by atoms with Gasteiger partial charge in [-0.1, -0.05) is 15.9 Å². The monoisotopic (exact) mass is 367 g/mol. The van der Waals surface area contributed by atoms with Crippen LogP contribution < -0.4 is 5.32 Å². The summed E-state index contributed by atoms with van der Waals surface area (Å²) >= 11 is 3.34. The zero-order chi connectivity index (χ0) is 15.9. The van der Waals surface area contributed by atoms with E-state index in [4.69, 9.17) is 4.42 Å². The van der Waals surface area contributed by atoms with Crippen LogP contribution in [0.4, 0.5) is 4.79 Å². The van der Waals surface area contributed by atoms with Gasteiger partial charge in [-0.2, -0.15) is 0 Å². The molecule has 116 valence electrons. The number of fused-ring (bicyclic) bond motifs is 1. The molecule has 1 fully saturated rings. The van der Waals surface area contributed by atoms with Gasteiger partial charge in [0.05, 0.1) is 5.56 Å². The number of amides is 2. The van der Waals surface area contributed by atoms with Crippen LogP contribution in [0.25, 0.3) is 11.1 Å². The molecule has 7 nitrogen and oxygen atoms in total. The molecule has 2 heterocycles. The van der Waals surface area contributed by atoms with Gasteiger partial charge in [0.25, 0.3) is 5.91 Å². The number of carbonyl (C=O) groups excluding carboxylic acids is 1. The van der Waals surface area contributed by atoms with E-state index in [0.29, 0.717) is 40.0 Å². The Labute approximate surface area is 134 Å². The molecule has 0 spiro atoms. The molecule has 1 saturated heterocycles. The first-order chi connectivity index (χ1) is 10.5. The van der Waals surface area contributed by atoms with Crippen molar-refractivity contribution in [1.29, 1.82) is 0 Å². The standard InChI is InChI=1S/C14H14BrN3O4/c1-16-12(19)8-5-7(15)6-10-11(8)17-13(22-10)9-3-2-4-18(9)14(20)21/h5-6,9H,2-4H2,1H3,(H,16,19)(H,20,21). The number of carbonyl (C=O) groups is 2. The number of hydrogen-bond acceptors (Lipinski definition) is 4. The Balaban J connectivity index is 2.10. The van der Waals surface area contributed by atoms with Crippen molar-refractivity contribution in [2.75, 3.05) is 13.6 Å². The average molecular weight is 368 g/mol. The second-order valence-corrected chi connectivity index (χ2v) is 5.98. The third-order valence-electron chi connectivity index (χ3n) is 3.73. The number of benzene rings is 1. The fourth-order valence-electron chi connectivity index (χ4n) is 2.72. The number of rotatable bonds is 2. The minimum absolute atomic E-state index is 0.271. The predicted octanol–water partition coefficient (Wildman–Crippen LogP) is 2.76. The van der Waals surface area contributed by atoms with E-state index in [1.54, 1.807) is 19.2 Å². The minimum atomic E-state index is -0.988. The van der Waals surface area contributed by atoms with Crippen LogP contribution in [0.5, 0.6) is 0 Å². The first kappa shape index (κ1) is 14.8. The number of hydrogen-bond donors (Lipinski definition) is 2. The summed E-state index contributed by atoms with van der Waals surface area (Å²) < 4.78 is 6.42. The van der Waals surface area contributed by atoms with E-state index in [-0.39, 0.29) is 5.91 Å². The number of nitrogens with zero attached hydrogens (tertiary/aromatic N) is 2. The van der Waals surface area contributed by atoms with Crippen LogP contribution >= 0.6 is 15.9 Å². The Kier molecular flexibility index (Phi) is 3.78. The van der Waals surface area contributed by atoms with E-state index in [1.165, 1.54) is 4.90 Å². The van der Waals surface area contributed by atoms with E-state index in [9.17, 15) is 14.7 Å². The highest BCUT2D eigenvalue weighted by molar-refractivity contribution is 9.10. The third kappa shape index (κ3) is 2.43. The molecule has 0 bridgehead atoms. The van der Waals surface area contributed by atoms with Crippen LogP contribution in [0.15, 0.2) is 21.0 Å². The molecular weight excluding hydrogens is 354 g/mol. The second-order valence-electron chi connectivity index (χ2n) is 5.07. The molecule has 1 atom stereocenters. The molecule has 1 aromatic heterocycles. The molecule has 22 heavy (non-hydrogen) atoms. The summed E-state index contributed by atoms with van der Waals surface area (Å²) in [5, 5.41) is 11.8. The van der Waals surface area contributed by atoms with Crippen molar-refractivity contribution in [2.45, 2.75) is 18.9 Å². The van der Waals surface area contributed by atoms with Gasteiger partial charge in [0, 0.05) is 18.1 Å². The Hall–Kier alpha value is -2.09. The SMILES string of the molecule is CNC(=O)c1cc(Br)cc2oc(C3CCCN3C(=O)O)nc12. The number of likely N-dealkylation sites (tertiary alicyclic amines) is 1. The van der Waals surface area contributed by atoms with Crippen LogP contribution in [0.1, 0.15) is 35.1 Å². The van der Waals surface area contributed by atoms with Gasteiger partial charge in [-0.25, -0.2) is 9.78 Å². The van der Waals surface area contributed by atoms with Crippen molar-refractivity contribution in [3.63, 3.8) is 0 Å². The number of halogens is 1. The van der Waals surface area contributed by atoms with Crippen molar-refractivity contribution < 1.29 is 19.1 Å². The van der Waals surface area contributed by atoms with Crippen molar-refractivity contribution in [3.05, 3.63) is 28.1 Å². The third-order valence-corrected chi connectivity index (χ3v) is 4.19. The summed E-state index contributed by atoms with van der Waals surface area (Å²) in [7, 11) is 1.54. The van der Waals surface area contributed by atoms with Crippen molar-refractivity contribution >= 4 is 39.0 Å². The van der Waals surface area contributed by atoms with Gasteiger partial charge in [0.15, 0.2) is 5.58 Å². The number of nitrogens with one attached hydrogen (secondary N) is 1.